The van der Waals surface area contributed by atoms with Gasteiger partial charge in [0.25, 0.3) is 5.91 Å². The summed E-state index contributed by atoms with van der Waals surface area (Å²) in [5.74, 6) is 2.27. The molecule has 5 heteroatoms. The van der Waals surface area contributed by atoms with Crippen LogP contribution in [-0.2, 0) is 0 Å². The number of benzene rings is 2. The first-order chi connectivity index (χ1) is 12.5. The Morgan fingerprint density at radius 1 is 1.27 bits per heavy atom. The fraction of sp³-hybridized carbons (Fsp3) is 0.286. The van der Waals surface area contributed by atoms with E-state index in [9.17, 15) is 9.18 Å². The molecule has 0 fully saturated rings. The van der Waals surface area contributed by atoms with Crippen LogP contribution in [0.1, 0.15) is 22.8 Å². The smallest absolute Gasteiger partial charge is 0.251 e. The number of halogens is 1. The molecule has 2 aromatic rings. The SMILES string of the molecule is C#CCN(CC)CCNC(=O)c1ccc(Sc2ccc(F)cc2)c(C)c1. The van der Waals surface area contributed by atoms with Crippen LogP contribution in [0.4, 0.5) is 4.39 Å². The van der Waals surface area contributed by atoms with Crippen molar-refractivity contribution in [1.82, 2.24) is 10.2 Å². The van der Waals surface area contributed by atoms with Crippen LogP contribution in [0, 0.1) is 25.1 Å². The number of aryl methyl sites for hydroxylation is 1. The number of nitrogens with one attached hydrogen (secondary N) is 1. The van der Waals surface area contributed by atoms with Crippen molar-refractivity contribution in [2.24, 2.45) is 0 Å². The second-order valence-corrected chi connectivity index (χ2v) is 6.98. The topological polar surface area (TPSA) is 32.3 Å². The molecule has 0 aliphatic carbocycles. The van der Waals surface area contributed by atoms with Gasteiger partial charge in [-0.1, -0.05) is 24.6 Å². The molecule has 0 atom stereocenters. The number of likely N-dealkylation sites (N-methyl/N-ethyl adjacent to an activating group) is 1. The molecule has 0 radical (unpaired) electrons. The maximum absolute atomic E-state index is 13.0. The zero-order chi connectivity index (χ0) is 18.9. The third-order valence-electron chi connectivity index (χ3n) is 3.95. The summed E-state index contributed by atoms with van der Waals surface area (Å²) in [6.45, 7) is 6.73. The monoisotopic (exact) mass is 370 g/mol. The minimum absolute atomic E-state index is 0.0943. The third kappa shape index (κ3) is 5.91. The van der Waals surface area contributed by atoms with Gasteiger partial charge >= 0.3 is 0 Å². The molecule has 2 rings (SSSR count). The van der Waals surface area contributed by atoms with Crippen LogP contribution >= 0.6 is 11.8 Å². The number of hydrogen-bond donors (Lipinski definition) is 1. The number of amides is 1. The maximum Gasteiger partial charge on any atom is 0.251 e. The highest BCUT2D eigenvalue weighted by Crippen LogP contribution is 2.30. The number of carbonyl (C=O) groups excluding carboxylic acids is 1. The normalized spacial score (nSPS) is 10.6. The first kappa shape index (κ1) is 20.0. The zero-order valence-electron chi connectivity index (χ0n) is 15.1. The van der Waals surface area contributed by atoms with E-state index >= 15 is 0 Å². The van der Waals surface area contributed by atoms with E-state index in [1.807, 2.05) is 32.0 Å². The number of carbonyl (C=O) groups is 1. The fourth-order valence-electron chi connectivity index (χ4n) is 2.44. The molecule has 0 aromatic heterocycles. The van der Waals surface area contributed by atoms with Gasteiger partial charge in [0.1, 0.15) is 5.82 Å². The average Bonchev–Trinajstić information content (AvgIpc) is 2.64. The second-order valence-electron chi connectivity index (χ2n) is 5.87. The molecule has 0 saturated carbocycles. The number of rotatable bonds is 8. The fourth-order valence-corrected chi connectivity index (χ4v) is 3.32. The van der Waals surface area contributed by atoms with Crippen molar-refractivity contribution in [3.05, 3.63) is 59.4 Å². The lowest BCUT2D eigenvalue weighted by molar-refractivity contribution is 0.0949. The van der Waals surface area contributed by atoms with Crippen molar-refractivity contribution in [1.29, 1.82) is 0 Å². The van der Waals surface area contributed by atoms with Crippen LogP contribution in [0.5, 0.6) is 0 Å². The lowest BCUT2D eigenvalue weighted by atomic mass is 10.1. The highest BCUT2D eigenvalue weighted by atomic mass is 32.2. The van der Waals surface area contributed by atoms with Crippen molar-refractivity contribution >= 4 is 17.7 Å². The molecule has 0 heterocycles. The van der Waals surface area contributed by atoms with Gasteiger partial charge in [0.15, 0.2) is 0 Å². The van der Waals surface area contributed by atoms with Crippen molar-refractivity contribution in [3.63, 3.8) is 0 Å². The number of hydrogen-bond acceptors (Lipinski definition) is 3. The van der Waals surface area contributed by atoms with E-state index in [0.29, 0.717) is 18.7 Å². The molecule has 0 spiro atoms. The molecular weight excluding hydrogens is 347 g/mol. The quantitative estimate of drug-likeness (QED) is 0.714. The van der Waals surface area contributed by atoms with Gasteiger partial charge in [0, 0.05) is 28.4 Å². The van der Waals surface area contributed by atoms with Crippen molar-refractivity contribution in [2.75, 3.05) is 26.2 Å². The van der Waals surface area contributed by atoms with Gasteiger partial charge in [0.05, 0.1) is 6.54 Å². The summed E-state index contributed by atoms with van der Waals surface area (Å²) in [6, 6.07) is 12.0. The Kier molecular flexibility index (Phi) is 7.71. The molecule has 26 heavy (non-hydrogen) atoms. The molecule has 0 saturated heterocycles. The van der Waals surface area contributed by atoms with E-state index in [-0.39, 0.29) is 11.7 Å². The highest BCUT2D eigenvalue weighted by molar-refractivity contribution is 7.99. The Labute approximate surface area is 159 Å². The van der Waals surface area contributed by atoms with Gasteiger partial charge in [-0.3, -0.25) is 9.69 Å². The summed E-state index contributed by atoms with van der Waals surface area (Å²) in [6.07, 6.45) is 5.32. The molecule has 1 N–H and O–H groups in total. The molecule has 136 valence electrons. The maximum atomic E-state index is 13.0. The molecule has 3 nitrogen and oxygen atoms in total. The van der Waals surface area contributed by atoms with Crippen molar-refractivity contribution in [2.45, 2.75) is 23.6 Å². The summed E-state index contributed by atoms with van der Waals surface area (Å²) >= 11 is 1.55. The van der Waals surface area contributed by atoms with Crippen LogP contribution in [-0.4, -0.2) is 37.0 Å². The summed E-state index contributed by atoms with van der Waals surface area (Å²) in [5.41, 5.74) is 1.64. The van der Waals surface area contributed by atoms with E-state index in [4.69, 9.17) is 6.42 Å². The van der Waals surface area contributed by atoms with Crippen LogP contribution < -0.4 is 5.32 Å². The molecule has 0 aliphatic rings. The van der Waals surface area contributed by atoms with Gasteiger partial charge in [-0.25, -0.2) is 4.39 Å². The zero-order valence-corrected chi connectivity index (χ0v) is 15.9. The number of nitrogens with zero attached hydrogens (tertiary/aromatic N) is 1. The summed E-state index contributed by atoms with van der Waals surface area (Å²) in [5, 5.41) is 2.93. The van der Waals surface area contributed by atoms with E-state index in [2.05, 4.69) is 16.1 Å². The van der Waals surface area contributed by atoms with Crippen LogP contribution in [0.3, 0.4) is 0 Å². The minimum atomic E-state index is -0.248. The molecule has 0 aliphatic heterocycles. The molecule has 0 bridgehead atoms. The average molecular weight is 370 g/mol. The van der Waals surface area contributed by atoms with Gasteiger partial charge in [-0.15, -0.1) is 6.42 Å². The minimum Gasteiger partial charge on any atom is -0.351 e. The Morgan fingerprint density at radius 2 is 2.00 bits per heavy atom. The number of terminal acetylenes is 1. The van der Waals surface area contributed by atoms with Crippen molar-refractivity contribution in [3.8, 4) is 12.3 Å². The predicted octanol–water partition coefficient (Wildman–Crippen LogP) is 3.97. The lowest BCUT2D eigenvalue weighted by Gasteiger charge is -2.17. The summed E-state index contributed by atoms with van der Waals surface area (Å²) in [7, 11) is 0. The standard InChI is InChI=1S/C21H23FN2OS/c1-4-13-24(5-2)14-12-23-21(25)17-6-11-20(16(3)15-17)26-19-9-7-18(22)8-10-19/h1,6-11,15H,5,12-14H2,2-3H3,(H,23,25). The van der Waals surface area contributed by atoms with Crippen LogP contribution in [0.15, 0.2) is 52.3 Å². The second kappa shape index (κ2) is 10.0. The summed E-state index contributed by atoms with van der Waals surface area (Å²) < 4.78 is 13.0. The molecule has 1 amide bonds. The summed E-state index contributed by atoms with van der Waals surface area (Å²) in [4.78, 5) is 16.4. The predicted molar refractivity (Wildman–Crippen MR) is 105 cm³/mol. The Hall–Kier alpha value is -2.29. The van der Waals surface area contributed by atoms with Crippen LogP contribution in [0.25, 0.3) is 0 Å². The molecular formula is C21H23FN2OS. The van der Waals surface area contributed by atoms with Gasteiger partial charge < -0.3 is 5.32 Å². The highest BCUT2D eigenvalue weighted by Gasteiger charge is 2.09. The Morgan fingerprint density at radius 3 is 2.62 bits per heavy atom. The molecule has 0 unspecified atom stereocenters. The van der Waals surface area contributed by atoms with Gasteiger partial charge in [0.2, 0.25) is 0 Å². The van der Waals surface area contributed by atoms with E-state index in [1.54, 1.807) is 23.9 Å². The largest absolute Gasteiger partial charge is 0.351 e. The lowest BCUT2D eigenvalue weighted by Crippen LogP contribution is -2.35. The van der Waals surface area contributed by atoms with Gasteiger partial charge in [-0.05, 0) is 61.5 Å². The Balaban J connectivity index is 1.94. The first-order valence-corrected chi connectivity index (χ1v) is 9.33. The van der Waals surface area contributed by atoms with E-state index < -0.39 is 0 Å². The first-order valence-electron chi connectivity index (χ1n) is 8.51. The van der Waals surface area contributed by atoms with E-state index in [0.717, 1.165) is 28.4 Å². The Bertz CT molecular complexity index is 784. The third-order valence-corrected chi connectivity index (χ3v) is 5.14. The molecule has 2 aromatic carbocycles. The van der Waals surface area contributed by atoms with Gasteiger partial charge in [-0.2, -0.15) is 0 Å². The van der Waals surface area contributed by atoms with Crippen molar-refractivity contribution < 1.29 is 9.18 Å². The van der Waals surface area contributed by atoms with Crippen LogP contribution in [0.2, 0.25) is 0 Å². The van der Waals surface area contributed by atoms with E-state index in [1.165, 1.54) is 12.1 Å².